The maximum atomic E-state index is 12.3. The fourth-order valence-corrected chi connectivity index (χ4v) is 4.71. The minimum atomic E-state index is -3.31. The van der Waals surface area contributed by atoms with E-state index in [1.165, 1.54) is 4.57 Å². The van der Waals surface area contributed by atoms with Crippen LogP contribution in [0, 0.1) is 5.92 Å². The molecule has 0 aliphatic heterocycles. The lowest BCUT2D eigenvalue weighted by molar-refractivity contribution is 0.322. The molecular formula is C19H28ClN3O4S. The lowest BCUT2D eigenvalue weighted by Crippen LogP contribution is -2.46. The van der Waals surface area contributed by atoms with Gasteiger partial charge in [-0.3, -0.25) is 4.57 Å². The summed E-state index contributed by atoms with van der Waals surface area (Å²) < 4.78 is 33.3. The van der Waals surface area contributed by atoms with Gasteiger partial charge in [0.05, 0.1) is 15.3 Å². The molecule has 9 heteroatoms. The summed E-state index contributed by atoms with van der Waals surface area (Å²) in [6.45, 7) is 5.90. The number of halogens is 1. The van der Waals surface area contributed by atoms with Gasteiger partial charge in [-0.2, -0.15) is 0 Å². The Morgan fingerprint density at radius 1 is 1.21 bits per heavy atom. The van der Waals surface area contributed by atoms with Gasteiger partial charge in [0.25, 0.3) is 0 Å². The molecule has 2 aromatic rings. The molecule has 1 fully saturated rings. The first-order valence-electron chi connectivity index (χ1n) is 9.53. The second kappa shape index (κ2) is 7.72. The molecule has 0 amide bonds. The van der Waals surface area contributed by atoms with Crippen molar-refractivity contribution in [3.05, 3.63) is 27.7 Å². The molecule has 156 valence electrons. The van der Waals surface area contributed by atoms with E-state index in [1.54, 1.807) is 33.9 Å². The van der Waals surface area contributed by atoms with Crippen LogP contribution in [0.3, 0.4) is 0 Å². The topological polar surface area (TPSA) is 93.3 Å². The van der Waals surface area contributed by atoms with Gasteiger partial charge < -0.3 is 9.73 Å². The number of rotatable bonds is 5. The largest absolute Gasteiger partial charge is 0.419 e. The number of fused-ring (bicyclic) bond motifs is 1. The minimum absolute atomic E-state index is 0.00623. The van der Waals surface area contributed by atoms with Gasteiger partial charge in [0.15, 0.2) is 5.58 Å². The standard InChI is InChI=1S/C19H28ClN3O4S/c1-19(2,3)28(25,26)22-13-7-5-12(6-8-13)11-21-14-9-15(20)17-16(10-14)23(4)18(24)27-17/h9-10,12-13,21-22H,5-8,11H2,1-4H3/t12-,13-. The number of hydrogen-bond acceptors (Lipinski definition) is 5. The lowest BCUT2D eigenvalue weighted by Gasteiger charge is -2.31. The normalized spacial score (nSPS) is 21.2. The van der Waals surface area contributed by atoms with Crippen LogP contribution in [0.15, 0.2) is 21.3 Å². The average molecular weight is 430 g/mol. The quantitative estimate of drug-likeness (QED) is 0.758. The zero-order valence-electron chi connectivity index (χ0n) is 16.7. The van der Waals surface area contributed by atoms with Crippen molar-refractivity contribution in [2.24, 2.45) is 13.0 Å². The smallest absolute Gasteiger partial charge is 0.406 e. The van der Waals surface area contributed by atoms with Crippen LogP contribution in [0.2, 0.25) is 5.02 Å². The second-order valence-electron chi connectivity index (χ2n) is 8.57. The van der Waals surface area contributed by atoms with E-state index in [1.807, 2.05) is 6.07 Å². The Balaban J connectivity index is 1.57. The number of anilines is 1. The number of nitrogens with zero attached hydrogens (tertiary/aromatic N) is 1. The Hall–Kier alpha value is -1.51. The van der Waals surface area contributed by atoms with E-state index in [0.29, 0.717) is 22.0 Å². The summed E-state index contributed by atoms with van der Waals surface area (Å²) >= 11 is 6.24. The molecule has 0 bridgehead atoms. The molecule has 28 heavy (non-hydrogen) atoms. The van der Waals surface area contributed by atoms with Gasteiger partial charge in [-0.05, 0) is 64.5 Å². The number of nitrogens with one attached hydrogen (secondary N) is 2. The Kier molecular flexibility index (Phi) is 5.85. The molecule has 1 heterocycles. The first-order valence-corrected chi connectivity index (χ1v) is 11.4. The maximum Gasteiger partial charge on any atom is 0.419 e. The molecular weight excluding hydrogens is 402 g/mol. The molecule has 1 aliphatic rings. The first kappa shape index (κ1) is 21.2. The van der Waals surface area contributed by atoms with Crippen LogP contribution in [-0.4, -0.2) is 30.3 Å². The van der Waals surface area contributed by atoms with Crippen LogP contribution >= 0.6 is 11.6 Å². The van der Waals surface area contributed by atoms with Gasteiger partial charge in [0.2, 0.25) is 10.0 Å². The van der Waals surface area contributed by atoms with Crippen molar-refractivity contribution in [2.75, 3.05) is 11.9 Å². The average Bonchev–Trinajstić information content (AvgIpc) is 2.89. The molecule has 0 spiro atoms. The fourth-order valence-electron chi connectivity index (χ4n) is 3.43. The van der Waals surface area contributed by atoms with Crippen molar-refractivity contribution < 1.29 is 12.8 Å². The van der Waals surface area contributed by atoms with E-state index < -0.39 is 20.5 Å². The van der Waals surface area contributed by atoms with Crippen LogP contribution in [0.5, 0.6) is 0 Å². The maximum absolute atomic E-state index is 12.3. The SMILES string of the molecule is Cn1c(=O)oc2c(Cl)cc(NC[C@H]3CC[C@H](NS(=O)(=O)C(C)(C)C)CC3)cc21. The summed E-state index contributed by atoms with van der Waals surface area (Å²) in [5.41, 5.74) is 1.89. The zero-order valence-corrected chi connectivity index (χ0v) is 18.3. The summed E-state index contributed by atoms with van der Waals surface area (Å²) in [6.07, 6.45) is 3.56. The van der Waals surface area contributed by atoms with Crippen molar-refractivity contribution >= 4 is 38.4 Å². The summed E-state index contributed by atoms with van der Waals surface area (Å²) in [7, 11) is -1.67. The van der Waals surface area contributed by atoms with Crippen LogP contribution in [0.4, 0.5) is 5.69 Å². The number of benzene rings is 1. The monoisotopic (exact) mass is 429 g/mol. The summed E-state index contributed by atoms with van der Waals surface area (Å²) in [6, 6.07) is 3.62. The highest BCUT2D eigenvalue weighted by molar-refractivity contribution is 7.90. The molecule has 3 rings (SSSR count). The van der Waals surface area contributed by atoms with Gasteiger partial charge in [-0.15, -0.1) is 0 Å². The highest BCUT2D eigenvalue weighted by atomic mass is 35.5. The Bertz CT molecular complexity index is 1010. The molecule has 0 saturated heterocycles. The van der Waals surface area contributed by atoms with Gasteiger partial charge in [-0.25, -0.2) is 17.9 Å². The summed E-state index contributed by atoms with van der Waals surface area (Å²) in [4.78, 5) is 11.7. The van der Waals surface area contributed by atoms with Gasteiger partial charge >= 0.3 is 5.76 Å². The van der Waals surface area contributed by atoms with E-state index in [9.17, 15) is 13.2 Å². The van der Waals surface area contributed by atoms with Crippen LogP contribution in [0.1, 0.15) is 46.5 Å². The van der Waals surface area contributed by atoms with Crippen molar-refractivity contribution in [1.82, 2.24) is 9.29 Å². The van der Waals surface area contributed by atoms with E-state index in [2.05, 4.69) is 10.0 Å². The van der Waals surface area contributed by atoms with E-state index in [-0.39, 0.29) is 6.04 Å². The number of sulfonamides is 1. The third-order valence-corrected chi connectivity index (χ3v) is 7.95. The van der Waals surface area contributed by atoms with Crippen LogP contribution in [-0.2, 0) is 17.1 Å². The van der Waals surface area contributed by atoms with Gasteiger partial charge in [0.1, 0.15) is 0 Å². The number of oxazole rings is 1. The third-order valence-electron chi connectivity index (χ3n) is 5.42. The van der Waals surface area contributed by atoms with Gasteiger partial charge in [-0.1, -0.05) is 11.6 Å². The number of hydrogen-bond donors (Lipinski definition) is 2. The molecule has 0 radical (unpaired) electrons. The molecule has 1 aliphatic carbocycles. The summed E-state index contributed by atoms with van der Waals surface area (Å²) in [5, 5.41) is 3.79. The highest BCUT2D eigenvalue weighted by Gasteiger charge is 2.32. The zero-order chi connectivity index (χ0) is 20.7. The Labute approximate surface area is 170 Å². The number of aryl methyl sites for hydroxylation is 1. The molecule has 1 saturated carbocycles. The Morgan fingerprint density at radius 3 is 2.46 bits per heavy atom. The molecule has 1 aromatic heterocycles. The predicted octanol–water partition coefficient (Wildman–Crippen LogP) is 3.47. The first-order chi connectivity index (χ1) is 13.0. The molecule has 2 N–H and O–H groups in total. The van der Waals surface area contributed by atoms with Crippen LogP contribution < -0.4 is 15.8 Å². The van der Waals surface area contributed by atoms with Crippen molar-refractivity contribution in [3.63, 3.8) is 0 Å². The van der Waals surface area contributed by atoms with E-state index in [4.69, 9.17) is 16.0 Å². The number of aromatic nitrogens is 1. The lowest BCUT2D eigenvalue weighted by atomic mass is 9.86. The molecule has 1 aromatic carbocycles. The van der Waals surface area contributed by atoms with Crippen molar-refractivity contribution in [2.45, 2.75) is 57.2 Å². The Morgan fingerprint density at radius 2 is 1.86 bits per heavy atom. The van der Waals surface area contributed by atoms with E-state index in [0.717, 1.165) is 37.9 Å². The van der Waals surface area contributed by atoms with E-state index >= 15 is 0 Å². The second-order valence-corrected chi connectivity index (χ2v) is 11.4. The molecule has 0 atom stereocenters. The van der Waals surface area contributed by atoms with Gasteiger partial charge in [0, 0.05) is 25.3 Å². The fraction of sp³-hybridized carbons (Fsp3) is 0.632. The van der Waals surface area contributed by atoms with Crippen molar-refractivity contribution in [3.8, 4) is 0 Å². The van der Waals surface area contributed by atoms with Crippen molar-refractivity contribution in [1.29, 1.82) is 0 Å². The highest BCUT2D eigenvalue weighted by Crippen LogP contribution is 2.29. The van der Waals surface area contributed by atoms with Crippen LogP contribution in [0.25, 0.3) is 11.1 Å². The predicted molar refractivity (Wildman–Crippen MR) is 113 cm³/mol. The third kappa shape index (κ3) is 4.39. The molecule has 0 unspecified atom stereocenters. The summed E-state index contributed by atoms with van der Waals surface area (Å²) in [5.74, 6) is 0.0168. The minimum Gasteiger partial charge on any atom is -0.406 e. The molecule has 7 nitrogen and oxygen atoms in total.